The summed E-state index contributed by atoms with van der Waals surface area (Å²) in [6, 6.07) is 0. The van der Waals surface area contributed by atoms with Crippen LogP contribution < -0.4 is 0 Å². The number of aromatic nitrogens is 3. The minimum atomic E-state index is 0.481. The first-order valence-corrected chi connectivity index (χ1v) is 5.58. The highest BCUT2D eigenvalue weighted by atomic mass is 15.0. The lowest BCUT2D eigenvalue weighted by atomic mass is 10.2. The maximum atomic E-state index is 4.53. The molecule has 15 heavy (non-hydrogen) atoms. The third-order valence-electron chi connectivity index (χ3n) is 2.97. The minimum Gasteiger partial charge on any atom is -0.304 e. The Morgan fingerprint density at radius 1 is 1.33 bits per heavy atom. The average Bonchev–Trinajstić information content (AvgIpc) is 2.96. The standard InChI is InChI=1S/C12H15N3/c1-8(2)10-6-15-7-11(9-3-4-9)13-5-12(15)14-10/h5-9H,3-4H2,1-2H3. The Bertz CT molecular complexity index is 495. The fraction of sp³-hybridized carbons (Fsp3) is 0.500. The molecule has 0 saturated heterocycles. The van der Waals surface area contributed by atoms with Crippen molar-refractivity contribution in [1.82, 2.24) is 14.4 Å². The zero-order chi connectivity index (χ0) is 10.4. The van der Waals surface area contributed by atoms with Crippen LogP contribution in [0, 0.1) is 0 Å². The van der Waals surface area contributed by atoms with Crippen LogP contribution in [0.5, 0.6) is 0 Å². The van der Waals surface area contributed by atoms with Crippen LogP contribution in [0.1, 0.15) is 49.9 Å². The summed E-state index contributed by atoms with van der Waals surface area (Å²) in [7, 11) is 0. The molecule has 0 aliphatic heterocycles. The van der Waals surface area contributed by atoms with Crippen molar-refractivity contribution in [2.24, 2.45) is 0 Å². The first-order valence-electron chi connectivity index (χ1n) is 5.58. The van der Waals surface area contributed by atoms with Crippen molar-refractivity contribution in [3.05, 3.63) is 30.0 Å². The molecule has 0 atom stereocenters. The van der Waals surface area contributed by atoms with Crippen molar-refractivity contribution < 1.29 is 0 Å². The summed E-state index contributed by atoms with van der Waals surface area (Å²) >= 11 is 0. The van der Waals surface area contributed by atoms with Gasteiger partial charge >= 0.3 is 0 Å². The summed E-state index contributed by atoms with van der Waals surface area (Å²) in [5, 5.41) is 0. The largest absolute Gasteiger partial charge is 0.304 e. The van der Waals surface area contributed by atoms with Crippen molar-refractivity contribution >= 4 is 5.65 Å². The summed E-state index contributed by atoms with van der Waals surface area (Å²) in [5.74, 6) is 1.19. The van der Waals surface area contributed by atoms with E-state index >= 15 is 0 Å². The van der Waals surface area contributed by atoms with Crippen LogP contribution in [0.4, 0.5) is 0 Å². The van der Waals surface area contributed by atoms with Crippen molar-refractivity contribution in [2.45, 2.75) is 38.5 Å². The van der Waals surface area contributed by atoms with E-state index in [-0.39, 0.29) is 0 Å². The predicted octanol–water partition coefficient (Wildman–Crippen LogP) is 2.73. The molecule has 0 aromatic carbocycles. The molecule has 3 rings (SSSR count). The summed E-state index contributed by atoms with van der Waals surface area (Å²) < 4.78 is 2.11. The van der Waals surface area contributed by atoms with Gasteiger partial charge in [0.05, 0.1) is 17.6 Å². The zero-order valence-electron chi connectivity index (χ0n) is 9.14. The molecule has 3 nitrogen and oxygen atoms in total. The number of imidazole rings is 1. The molecule has 0 amide bonds. The summed E-state index contributed by atoms with van der Waals surface area (Å²) in [6.07, 6.45) is 8.73. The molecule has 0 spiro atoms. The van der Waals surface area contributed by atoms with Crippen molar-refractivity contribution in [3.63, 3.8) is 0 Å². The lowest BCUT2D eigenvalue weighted by Gasteiger charge is -1.97. The third-order valence-corrected chi connectivity index (χ3v) is 2.97. The van der Waals surface area contributed by atoms with Crippen LogP contribution >= 0.6 is 0 Å². The molecule has 0 N–H and O–H groups in total. The maximum absolute atomic E-state index is 4.53. The Kier molecular flexibility index (Phi) is 1.81. The van der Waals surface area contributed by atoms with E-state index < -0.39 is 0 Å². The first kappa shape index (κ1) is 8.89. The number of rotatable bonds is 2. The molecule has 0 bridgehead atoms. The molecule has 2 heterocycles. The Morgan fingerprint density at radius 2 is 2.13 bits per heavy atom. The van der Waals surface area contributed by atoms with Crippen LogP contribution in [-0.2, 0) is 0 Å². The Hall–Kier alpha value is -1.38. The quantitative estimate of drug-likeness (QED) is 0.747. The van der Waals surface area contributed by atoms with Gasteiger partial charge in [0, 0.05) is 18.3 Å². The number of hydrogen-bond donors (Lipinski definition) is 0. The summed E-state index contributed by atoms with van der Waals surface area (Å²) in [5.41, 5.74) is 3.32. The fourth-order valence-corrected chi connectivity index (χ4v) is 1.80. The molecule has 2 aromatic heterocycles. The Labute approximate surface area is 89.2 Å². The molecular weight excluding hydrogens is 186 g/mol. The molecular formula is C12H15N3. The highest BCUT2D eigenvalue weighted by molar-refractivity contribution is 5.39. The Balaban J connectivity index is 2.09. The molecule has 78 valence electrons. The van der Waals surface area contributed by atoms with Gasteiger partial charge in [-0.2, -0.15) is 0 Å². The lowest BCUT2D eigenvalue weighted by Crippen LogP contribution is -1.91. The molecule has 0 unspecified atom stereocenters. The van der Waals surface area contributed by atoms with Crippen molar-refractivity contribution in [3.8, 4) is 0 Å². The second-order valence-electron chi connectivity index (χ2n) is 4.67. The van der Waals surface area contributed by atoms with E-state index in [1.54, 1.807) is 0 Å². The van der Waals surface area contributed by atoms with Crippen LogP contribution in [-0.4, -0.2) is 14.4 Å². The van der Waals surface area contributed by atoms with E-state index in [0.717, 1.165) is 11.3 Å². The summed E-state index contributed by atoms with van der Waals surface area (Å²) in [4.78, 5) is 8.99. The smallest absolute Gasteiger partial charge is 0.155 e. The molecule has 1 aliphatic carbocycles. The van der Waals surface area contributed by atoms with E-state index in [2.05, 4.69) is 40.6 Å². The molecule has 3 heteroatoms. The van der Waals surface area contributed by atoms with E-state index in [1.807, 2.05) is 6.20 Å². The normalized spacial score (nSPS) is 16.5. The number of fused-ring (bicyclic) bond motifs is 1. The molecule has 1 saturated carbocycles. The highest BCUT2D eigenvalue weighted by Crippen LogP contribution is 2.38. The zero-order valence-corrected chi connectivity index (χ0v) is 9.14. The van der Waals surface area contributed by atoms with Gasteiger partial charge in [-0.05, 0) is 18.8 Å². The van der Waals surface area contributed by atoms with Crippen LogP contribution in [0.2, 0.25) is 0 Å². The van der Waals surface area contributed by atoms with Gasteiger partial charge in [-0.1, -0.05) is 13.8 Å². The van der Waals surface area contributed by atoms with E-state index in [1.165, 1.54) is 18.5 Å². The van der Waals surface area contributed by atoms with Gasteiger partial charge < -0.3 is 4.40 Å². The maximum Gasteiger partial charge on any atom is 0.155 e. The molecule has 1 fully saturated rings. The van der Waals surface area contributed by atoms with Crippen molar-refractivity contribution in [1.29, 1.82) is 0 Å². The van der Waals surface area contributed by atoms with Gasteiger partial charge in [-0.15, -0.1) is 0 Å². The second-order valence-corrected chi connectivity index (χ2v) is 4.67. The number of nitrogens with zero attached hydrogens (tertiary/aromatic N) is 3. The minimum absolute atomic E-state index is 0.481. The predicted molar refractivity (Wildman–Crippen MR) is 59.1 cm³/mol. The van der Waals surface area contributed by atoms with Gasteiger partial charge in [0.2, 0.25) is 0 Å². The summed E-state index contributed by atoms with van der Waals surface area (Å²) in [6.45, 7) is 4.33. The average molecular weight is 201 g/mol. The number of hydrogen-bond acceptors (Lipinski definition) is 2. The van der Waals surface area contributed by atoms with Gasteiger partial charge in [0.15, 0.2) is 5.65 Å². The fourth-order valence-electron chi connectivity index (χ4n) is 1.80. The Morgan fingerprint density at radius 3 is 2.80 bits per heavy atom. The van der Waals surface area contributed by atoms with Crippen LogP contribution in [0.25, 0.3) is 5.65 Å². The lowest BCUT2D eigenvalue weighted by molar-refractivity contribution is 0.834. The first-order chi connectivity index (χ1) is 7.24. The van der Waals surface area contributed by atoms with E-state index in [0.29, 0.717) is 11.8 Å². The van der Waals surface area contributed by atoms with Gasteiger partial charge in [-0.25, -0.2) is 4.98 Å². The third kappa shape index (κ3) is 1.52. The molecule has 2 aromatic rings. The van der Waals surface area contributed by atoms with Crippen molar-refractivity contribution in [2.75, 3.05) is 0 Å². The van der Waals surface area contributed by atoms with Gasteiger partial charge in [0.25, 0.3) is 0 Å². The molecule has 1 aliphatic rings. The topological polar surface area (TPSA) is 30.2 Å². The van der Waals surface area contributed by atoms with Crippen LogP contribution in [0.3, 0.4) is 0 Å². The SMILES string of the molecule is CC(C)c1cn2cc(C3CC3)ncc2n1. The van der Waals surface area contributed by atoms with Crippen LogP contribution in [0.15, 0.2) is 18.6 Å². The van der Waals surface area contributed by atoms with Gasteiger partial charge in [0.1, 0.15) is 0 Å². The van der Waals surface area contributed by atoms with E-state index in [4.69, 9.17) is 0 Å². The van der Waals surface area contributed by atoms with Gasteiger partial charge in [-0.3, -0.25) is 4.98 Å². The second kappa shape index (κ2) is 3.05. The highest BCUT2D eigenvalue weighted by Gasteiger charge is 2.25. The molecule has 0 radical (unpaired) electrons. The van der Waals surface area contributed by atoms with E-state index in [9.17, 15) is 0 Å². The monoisotopic (exact) mass is 201 g/mol.